The molecular formula is C17H34O. The molecule has 1 heteroatoms. The van der Waals surface area contributed by atoms with Gasteiger partial charge in [-0.25, -0.2) is 0 Å². The topological polar surface area (TPSA) is 20.2 Å². The molecule has 0 heterocycles. The Bertz CT molecular complexity index is 202. The maximum Gasteiger partial charge on any atom is 0.0673 e. The summed E-state index contributed by atoms with van der Waals surface area (Å²) >= 11 is 0. The molecule has 108 valence electrons. The molecule has 0 spiro atoms. The van der Waals surface area contributed by atoms with Gasteiger partial charge in [0.15, 0.2) is 0 Å². The highest BCUT2D eigenvalue weighted by Gasteiger charge is 2.34. The first-order valence-corrected chi connectivity index (χ1v) is 8.41. The Morgan fingerprint density at radius 1 is 0.944 bits per heavy atom. The minimum atomic E-state index is -0.319. The molecule has 0 bridgehead atoms. The van der Waals surface area contributed by atoms with E-state index in [0.29, 0.717) is 5.92 Å². The van der Waals surface area contributed by atoms with Gasteiger partial charge in [0, 0.05) is 0 Å². The number of hydrogen-bond donors (Lipinski definition) is 1. The van der Waals surface area contributed by atoms with Crippen LogP contribution in [0.1, 0.15) is 97.3 Å². The Hall–Kier alpha value is -0.0400. The zero-order valence-corrected chi connectivity index (χ0v) is 12.7. The second-order valence-electron chi connectivity index (χ2n) is 6.48. The van der Waals surface area contributed by atoms with Gasteiger partial charge in [-0.2, -0.15) is 0 Å². The van der Waals surface area contributed by atoms with Crippen LogP contribution in [0.4, 0.5) is 0 Å². The smallest absolute Gasteiger partial charge is 0.0673 e. The first-order chi connectivity index (χ1) is 8.69. The second-order valence-corrected chi connectivity index (χ2v) is 6.48. The van der Waals surface area contributed by atoms with Crippen LogP contribution in [0.25, 0.3) is 0 Å². The number of hydrogen-bond acceptors (Lipinski definition) is 1. The van der Waals surface area contributed by atoms with E-state index < -0.39 is 0 Å². The van der Waals surface area contributed by atoms with Crippen LogP contribution < -0.4 is 0 Å². The molecule has 2 unspecified atom stereocenters. The SMILES string of the molecule is CCCCCCCCCCC1(O)CCCCC1C. The highest BCUT2D eigenvalue weighted by Crippen LogP contribution is 2.37. The van der Waals surface area contributed by atoms with E-state index in [1.807, 2.05) is 0 Å². The van der Waals surface area contributed by atoms with E-state index in [2.05, 4.69) is 13.8 Å². The molecular weight excluding hydrogens is 220 g/mol. The van der Waals surface area contributed by atoms with Gasteiger partial charge in [-0.1, -0.05) is 78.1 Å². The molecule has 1 fully saturated rings. The van der Waals surface area contributed by atoms with Crippen LogP contribution in [0.15, 0.2) is 0 Å². The van der Waals surface area contributed by atoms with Gasteiger partial charge >= 0.3 is 0 Å². The van der Waals surface area contributed by atoms with Gasteiger partial charge in [0.05, 0.1) is 5.60 Å². The van der Waals surface area contributed by atoms with E-state index in [1.54, 1.807) is 0 Å². The van der Waals surface area contributed by atoms with Crippen molar-refractivity contribution in [3.63, 3.8) is 0 Å². The fourth-order valence-electron chi connectivity index (χ4n) is 3.33. The van der Waals surface area contributed by atoms with Crippen molar-refractivity contribution >= 4 is 0 Å². The average molecular weight is 254 g/mol. The monoisotopic (exact) mass is 254 g/mol. The van der Waals surface area contributed by atoms with Crippen molar-refractivity contribution in [3.05, 3.63) is 0 Å². The summed E-state index contributed by atoms with van der Waals surface area (Å²) in [7, 11) is 0. The average Bonchev–Trinajstić information content (AvgIpc) is 2.37. The molecule has 1 N–H and O–H groups in total. The second kappa shape index (κ2) is 8.96. The van der Waals surface area contributed by atoms with Crippen LogP contribution in [0, 0.1) is 5.92 Å². The molecule has 1 nitrogen and oxygen atoms in total. The molecule has 0 aromatic rings. The van der Waals surface area contributed by atoms with Crippen LogP contribution in [0.5, 0.6) is 0 Å². The van der Waals surface area contributed by atoms with Gasteiger partial charge < -0.3 is 5.11 Å². The van der Waals surface area contributed by atoms with Crippen LogP contribution >= 0.6 is 0 Å². The van der Waals surface area contributed by atoms with Crippen LogP contribution in [0.3, 0.4) is 0 Å². The van der Waals surface area contributed by atoms with Crippen molar-refractivity contribution in [1.29, 1.82) is 0 Å². The largest absolute Gasteiger partial charge is 0.390 e. The van der Waals surface area contributed by atoms with Crippen LogP contribution in [-0.4, -0.2) is 10.7 Å². The van der Waals surface area contributed by atoms with Crippen molar-refractivity contribution < 1.29 is 5.11 Å². The van der Waals surface area contributed by atoms with Crippen LogP contribution in [0.2, 0.25) is 0 Å². The first-order valence-electron chi connectivity index (χ1n) is 8.41. The molecule has 0 radical (unpaired) electrons. The van der Waals surface area contributed by atoms with Gasteiger partial charge in [0.2, 0.25) is 0 Å². The fraction of sp³-hybridized carbons (Fsp3) is 1.00. The summed E-state index contributed by atoms with van der Waals surface area (Å²) in [5, 5.41) is 10.6. The first kappa shape index (κ1) is 16.0. The van der Waals surface area contributed by atoms with Gasteiger partial charge in [0.1, 0.15) is 0 Å². The van der Waals surface area contributed by atoms with Crippen molar-refractivity contribution in [3.8, 4) is 0 Å². The molecule has 0 aromatic carbocycles. The van der Waals surface area contributed by atoms with Crippen molar-refractivity contribution in [2.75, 3.05) is 0 Å². The third-order valence-corrected chi connectivity index (χ3v) is 4.88. The predicted molar refractivity (Wildman–Crippen MR) is 79.8 cm³/mol. The third kappa shape index (κ3) is 5.73. The van der Waals surface area contributed by atoms with Crippen LogP contribution in [-0.2, 0) is 0 Å². The lowest BCUT2D eigenvalue weighted by atomic mass is 9.74. The molecule has 0 aliphatic heterocycles. The van der Waals surface area contributed by atoms with Gasteiger partial charge in [0.25, 0.3) is 0 Å². The normalized spacial score (nSPS) is 28.5. The molecule has 1 rings (SSSR count). The van der Waals surface area contributed by atoms with E-state index in [4.69, 9.17) is 0 Å². The maximum atomic E-state index is 10.6. The van der Waals surface area contributed by atoms with Crippen molar-refractivity contribution in [2.24, 2.45) is 5.92 Å². The summed E-state index contributed by atoms with van der Waals surface area (Å²) in [6, 6.07) is 0. The zero-order chi connectivity index (χ0) is 13.3. The summed E-state index contributed by atoms with van der Waals surface area (Å²) < 4.78 is 0. The molecule has 1 saturated carbocycles. The summed E-state index contributed by atoms with van der Waals surface area (Å²) in [6.45, 7) is 4.51. The van der Waals surface area contributed by atoms with Gasteiger partial charge in [-0.05, 0) is 25.2 Å². The highest BCUT2D eigenvalue weighted by molar-refractivity contribution is 4.87. The Balaban J connectivity index is 1.99. The lowest BCUT2D eigenvalue weighted by molar-refractivity contribution is -0.0496. The minimum absolute atomic E-state index is 0.319. The zero-order valence-electron chi connectivity index (χ0n) is 12.7. The van der Waals surface area contributed by atoms with E-state index >= 15 is 0 Å². The Morgan fingerprint density at radius 3 is 2.17 bits per heavy atom. The summed E-state index contributed by atoms with van der Waals surface area (Å²) in [5.41, 5.74) is -0.319. The summed E-state index contributed by atoms with van der Waals surface area (Å²) in [5.74, 6) is 0.524. The molecule has 1 aliphatic carbocycles. The minimum Gasteiger partial charge on any atom is -0.390 e. The lowest BCUT2D eigenvalue weighted by Gasteiger charge is -2.38. The molecule has 0 amide bonds. The lowest BCUT2D eigenvalue weighted by Crippen LogP contribution is -2.38. The quantitative estimate of drug-likeness (QED) is 0.542. The maximum absolute atomic E-state index is 10.6. The summed E-state index contributed by atoms with van der Waals surface area (Å²) in [6.07, 6.45) is 16.8. The number of rotatable bonds is 9. The number of aliphatic hydroxyl groups is 1. The van der Waals surface area contributed by atoms with E-state index in [1.165, 1.54) is 70.6 Å². The molecule has 0 saturated heterocycles. The molecule has 0 aromatic heterocycles. The van der Waals surface area contributed by atoms with Crippen molar-refractivity contribution in [1.82, 2.24) is 0 Å². The van der Waals surface area contributed by atoms with E-state index in [0.717, 1.165) is 12.8 Å². The molecule has 2 atom stereocenters. The van der Waals surface area contributed by atoms with E-state index in [-0.39, 0.29) is 5.60 Å². The summed E-state index contributed by atoms with van der Waals surface area (Å²) in [4.78, 5) is 0. The molecule has 18 heavy (non-hydrogen) atoms. The Morgan fingerprint density at radius 2 is 1.56 bits per heavy atom. The van der Waals surface area contributed by atoms with Gasteiger partial charge in [-0.3, -0.25) is 0 Å². The standard InChI is InChI=1S/C17H34O/c1-3-4-5-6-7-8-9-11-14-17(18)15-12-10-13-16(17)2/h16,18H,3-15H2,1-2H3. The Labute approximate surface area is 114 Å². The van der Waals surface area contributed by atoms with Gasteiger partial charge in [-0.15, -0.1) is 0 Å². The highest BCUT2D eigenvalue weighted by atomic mass is 16.3. The predicted octanol–water partition coefficient (Wildman–Crippen LogP) is 5.46. The fourth-order valence-corrected chi connectivity index (χ4v) is 3.33. The third-order valence-electron chi connectivity index (χ3n) is 4.88. The molecule has 1 aliphatic rings. The number of unbranched alkanes of at least 4 members (excludes halogenated alkanes) is 7. The van der Waals surface area contributed by atoms with E-state index in [9.17, 15) is 5.11 Å². The Kier molecular flexibility index (Phi) is 7.97. The van der Waals surface area contributed by atoms with Crippen molar-refractivity contribution in [2.45, 2.75) is 103 Å².